The number of hydrogen-bond acceptors (Lipinski definition) is 4. The van der Waals surface area contributed by atoms with Gasteiger partial charge in [-0.3, -0.25) is 4.79 Å². The van der Waals surface area contributed by atoms with Gasteiger partial charge in [0, 0.05) is 31.5 Å². The molecule has 1 saturated heterocycles. The molecule has 0 unspecified atom stereocenters. The average molecular weight is 373 g/mol. The Morgan fingerprint density at radius 2 is 1.92 bits per heavy atom. The van der Waals surface area contributed by atoms with Crippen molar-refractivity contribution >= 4 is 15.7 Å². The summed E-state index contributed by atoms with van der Waals surface area (Å²) in [6, 6.07) is 16.0. The molecule has 1 heterocycles. The molecule has 1 aliphatic heterocycles. The topological polar surface area (TPSA) is 63.7 Å². The van der Waals surface area contributed by atoms with Crippen LogP contribution in [0, 0.1) is 0 Å². The van der Waals surface area contributed by atoms with E-state index in [-0.39, 0.29) is 16.9 Å². The van der Waals surface area contributed by atoms with Gasteiger partial charge in [-0.1, -0.05) is 36.4 Å². The first-order chi connectivity index (χ1) is 12.4. The molecule has 5 nitrogen and oxygen atoms in total. The quantitative estimate of drug-likeness (QED) is 0.781. The zero-order chi connectivity index (χ0) is 18.6. The molecule has 0 aromatic heterocycles. The van der Waals surface area contributed by atoms with Crippen molar-refractivity contribution in [1.29, 1.82) is 0 Å². The Morgan fingerprint density at radius 1 is 1.15 bits per heavy atom. The van der Waals surface area contributed by atoms with Gasteiger partial charge in [0.05, 0.1) is 11.0 Å². The number of amides is 1. The van der Waals surface area contributed by atoms with E-state index in [1.807, 2.05) is 30.3 Å². The Balaban J connectivity index is 1.86. The van der Waals surface area contributed by atoms with Crippen LogP contribution < -0.4 is 0 Å². The Morgan fingerprint density at radius 3 is 2.58 bits per heavy atom. The number of ether oxygens (including phenoxy) is 1. The smallest absolute Gasteiger partial charge is 0.254 e. The summed E-state index contributed by atoms with van der Waals surface area (Å²) >= 11 is 0. The highest BCUT2D eigenvalue weighted by atomic mass is 32.2. The molecule has 0 saturated carbocycles. The number of hydrogen-bond donors (Lipinski definition) is 0. The molecule has 1 aliphatic rings. The molecule has 26 heavy (non-hydrogen) atoms. The molecule has 0 aliphatic carbocycles. The molecule has 6 heteroatoms. The number of carbonyl (C=O) groups is 1. The van der Waals surface area contributed by atoms with Crippen molar-refractivity contribution in [1.82, 2.24) is 4.90 Å². The molecule has 1 atom stereocenters. The zero-order valence-electron chi connectivity index (χ0n) is 14.8. The van der Waals surface area contributed by atoms with Gasteiger partial charge in [-0.2, -0.15) is 0 Å². The number of sulfone groups is 1. The molecule has 0 radical (unpaired) electrons. The molecule has 0 spiro atoms. The van der Waals surface area contributed by atoms with Crippen molar-refractivity contribution in [3.63, 3.8) is 0 Å². The van der Waals surface area contributed by atoms with E-state index in [0.717, 1.165) is 31.3 Å². The molecule has 1 fully saturated rings. The van der Waals surface area contributed by atoms with Crippen LogP contribution >= 0.6 is 0 Å². The van der Waals surface area contributed by atoms with E-state index in [2.05, 4.69) is 0 Å². The van der Waals surface area contributed by atoms with Gasteiger partial charge in [0.2, 0.25) is 0 Å². The van der Waals surface area contributed by atoms with Crippen LogP contribution in [0.4, 0.5) is 0 Å². The molecule has 3 rings (SSSR count). The van der Waals surface area contributed by atoms with E-state index in [1.165, 1.54) is 12.1 Å². The third-order valence-corrected chi connectivity index (χ3v) is 5.57. The Bertz CT molecular complexity index is 858. The lowest BCUT2D eigenvalue weighted by Crippen LogP contribution is -2.37. The van der Waals surface area contributed by atoms with Gasteiger partial charge in [-0.15, -0.1) is 0 Å². The van der Waals surface area contributed by atoms with E-state index in [4.69, 9.17) is 4.74 Å². The third kappa shape index (κ3) is 4.71. The summed E-state index contributed by atoms with van der Waals surface area (Å²) in [5.74, 6) is -0.185. The lowest BCUT2D eigenvalue weighted by molar-refractivity contribution is 0.0507. The fourth-order valence-corrected chi connectivity index (χ4v) is 3.77. The molecule has 0 N–H and O–H groups in total. The van der Waals surface area contributed by atoms with Crippen molar-refractivity contribution in [3.05, 3.63) is 65.7 Å². The van der Waals surface area contributed by atoms with E-state index >= 15 is 0 Å². The highest BCUT2D eigenvalue weighted by Crippen LogP contribution is 2.19. The number of benzene rings is 2. The van der Waals surface area contributed by atoms with Crippen LogP contribution in [-0.2, 0) is 21.1 Å². The predicted molar refractivity (Wildman–Crippen MR) is 99.7 cm³/mol. The van der Waals surface area contributed by atoms with Gasteiger partial charge in [-0.05, 0) is 36.6 Å². The summed E-state index contributed by atoms with van der Waals surface area (Å²) in [6.07, 6.45) is 3.11. The zero-order valence-corrected chi connectivity index (χ0v) is 15.6. The van der Waals surface area contributed by atoms with Crippen molar-refractivity contribution < 1.29 is 17.9 Å². The van der Waals surface area contributed by atoms with E-state index < -0.39 is 9.84 Å². The van der Waals surface area contributed by atoms with E-state index in [1.54, 1.807) is 17.0 Å². The summed E-state index contributed by atoms with van der Waals surface area (Å²) in [5.41, 5.74) is 1.40. The highest BCUT2D eigenvalue weighted by Gasteiger charge is 2.24. The van der Waals surface area contributed by atoms with Gasteiger partial charge in [0.25, 0.3) is 5.91 Å². The highest BCUT2D eigenvalue weighted by molar-refractivity contribution is 7.90. The Labute approximate surface area is 154 Å². The van der Waals surface area contributed by atoms with Gasteiger partial charge < -0.3 is 9.64 Å². The van der Waals surface area contributed by atoms with Gasteiger partial charge >= 0.3 is 0 Å². The van der Waals surface area contributed by atoms with Gasteiger partial charge in [0.1, 0.15) is 0 Å². The second kappa shape index (κ2) is 8.01. The molecular weight excluding hydrogens is 350 g/mol. The molecule has 2 aromatic carbocycles. The largest absolute Gasteiger partial charge is 0.376 e. The summed E-state index contributed by atoms with van der Waals surface area (Å²) in [5, 5.41) is 0. The lowest BCUT2D eigenvalue weighted by atomic mass is 10.1. The summed E-state index contributed by atoms with van der Waals surface area (Å²) in [4.78, 5) is 15.0. The molecular formula is C20H23NO4S. The Hall–Kier alpha value is -2.18. The van der Waals surface area contributed by atoms with Crippen molar-refractivity contribution in [2.75, 3.05) is 19.4 Å². The maximum atomic E-state index is 13.1. The minimum Gasteiger partial charge on any atom is -0.376 e. The van der Waals surface area contributed by atoms with Crippen molar-refractivity contribution in [3.8, 4) is 0 Å². The monoisotopic (exact) mass is 373 g/mol. The first-order valence-corrected chi connectivity index (χ1v) is 10.6. The lowest BCUT2D eigenvalue weighted by Gasteiger charge is -2.26. The number of carbonyl (C=O) groups excluding carboxylic acids is 1. The van der Waals surface area contributed by atoms with Crippen molar-refractivity contribution in [2.24, 2.45) is 0 Å². The Kier molecular flexibility index (Phi) is 5.74. The predicted octanol–water partition coefficient (Wildman–Crippen LogP) is 2.91. The van der Waals surface area contributed by atoms with E-state index in [9.17, 15) is 13.2 Å². The summed E-state index contributed by atoms with van der Waals surface area (Å²) in [6.45, 7) is 1.68. The minimum absolute atomic E-state index is 0.0285. The second-order valence-electron chi connectivity index (χ2n) is 6.61. The molecule has 0 bridgehead atoms. The third-order valence-electron chi connectivity index (χ3n) is 4.46. The fourth-order valence-electron chi connectivity index (χ4n) is 3.10. The van der Waals surface area contributed by atoms with E-state index in [0.29, 0.717) is 18.7 Å². The number of rotatable bonds is 6. The van der Waals surface area contributed by atoms with Crippen LogP contribution in [0.2, 0.25) is 0 Å². The minimum atomic E-state index is -3.36. The molecule has 2 aromatic rings. The van der Waals surface area contributed by atoms with Crippen LogP contribution in [0.25, 0.3) is 0 Å². The first-order valence-electron chi connectivity index (χ1n) is 8.68. The standard InChI is InChI=1S/C20H23NO4S/c1-26(23,24)19-11-5-9-17(13-19)20(22)21(15-18-10-6-12-25-18)14-16-7-3-2-4-8-16/h2-5,7-9,11,13,18H,6,10,12,14-15H2,1H3/t18-/m1/s1. The van der Waals surface area contributed by atoms with Crippen LogP contribution in [-0.4, -0.2) is 44.7 Å². The molecule has 1 amide bonds. The van der Waals surface area contributed by atoms with Crippen LogP contribution in [0.5, 0.6) is 0 Å². The van der Waals surface area contributed by atoms with Crippen molar-refractivity contribution in [2.45, 2.75) is 30.4 Å². The maximum absolute atomic E-state index is 13.1. The fraction of sp³-hybridized carbons (Fsp3) is 0.350. The van der Waals surface area contributed by atoms with Crippen LogP contribution in [0.1, 0.15) is 28.8 Å². The maximum Gasteiger partial charge on any atom is 0.254 e. The molecule has 138 valence electrons. The SMILES string of the molecule is CS(=O)(=O)c1cccc(C(=O)N(Cc2ccccc2)C[C@H]2CCCO2)c1. The van der Waals surface area contributed by atoms with Gasteiger partial charge in [-0.25, -0.2) is 8.42 Å². The van der Waals surface area contributed by atoms with Crippen LogP contribution in [0.3, 0.4) is 0 Å². The van der Waals surface area contributed by atoms with Crippen LogP contribution in [0.15, 0.2) is 59.5 Å². The average Bonchev–Trinajstić information content (AvgIpc) is 3.14. The number of nitrogens with zero attached hydrogens (tertiary/aromatic N) is 1. The summed E-state index contributed by atoms with van der Waals surface area (Å²) < 4.78 is 29.3. The second-order valence-corrected chi connectivity index (χ2v) is 8.62. The normalized spacial score (nSPS) is 17.2. The van der Waals surface area contributed by atoms with Gasteiger partial charge in [0.15, 0.2) is 9.84 Å². The first kappa shape index (κ1) is 18.6. The summed E-state index contributed by atoms with van der Waals surface area (Å²) in [7, 11) is -3.36.